The van der Waals surface area contributed by atoms with E-state index in [2.05, 4.69) is 16.2 Å². The Morgan fingerprint density at radius 3 is 3.00 bits per heavy atom. The van der Waals surface area contributed by atoms with Gasteiger partial charge in [0, 0.05) is 18.2 Å². The van der Waals surface area contributed by atoms with Crippen molar-refractivity contribution in [1.82, 2.24) is 5.32 Å². The van der Waals surface area contributed by atoms with Crippen LogP contribution in [0.2, 0.25) is 0 Å². The van der Waals surface area contributed by atoms with E-state index in [4.69, 9.17) is 15.9 Å². The number of nitrogens with one attached hydrogen (secondary N) is 1. The predicted octanol–water partition coefficient (Wildman–Crippen LogP) is 0.973. The van der Waals surface area contributed by atoms with E-state index in [9.17, 15) is 10.1 Å². The van der Waals surface area contributed by atoms with Crippen molar-refractivity contribution < 1.29 is 14.4 Å². The summed E-state index contributed by atoms with van der Waals surface area (Å²) in [6, 6.07) is 4.76. The fourth-order valence-corrected chi connectivity index (χ4v) is 1.86. The summed E-state index contributed by atoms with van der Waals surface area (Å²) in [5.41, 5.74) is 0.580. The number of benzene rings is 1. The Kier molecular flexibility index (Phi) is 5.12. The SMILES string of the molecule is C#CCOCCOc1ccc(C2=NCCN2)cc1[N+](=O)[O-]. The summed E-state index contributed by atoms with van der Waals surface area (Å²) in [7, 11) is 0. The molecule has 2 rings (SSSR count). The molecule has 0 unspecified atom stereocenters. The Hall–Kier alpha value is -2.59. The third-order valence-electron chi connectivity index (χ3n) is 2.77. The molecule has 0 radical (unpaired) electrons. The topological polar surface area (TPSA) is 86.0 Å². The van der Waals surface area contributed by atoms with Crippen molar-refractivity contribution in [3.05, 3.63) is 33.9 Å². The van der Waals surface area contributed by atoms with Gasteiger partial charge in [-0.3, -0.25) is 15.1 Å². The molecule has 7 nitrogen and oxygen atoms in total. The molecule has 0 fully saturated rings. The van der Waals surface area contributed by atoms with Crippen LogP contribution in [0.25, 0.3) is 0 Å². The van der Waals surface area contributed by atoms with Gasteiger partial charge < -0.3 is 14.8 Å². The minimum absolute atomic E-state index is 0.0964. The first-order chi connectivity index (χ1) is 10.2. The second kappa shape index (κ2) is 7.26. The van der Waals surface area contributed by atoms with Gasteiger partial charge in [0.2, 0.25) is 0 Å². The zero-order valence-corrected chi connectivity index (χ0v) is 11.4. The zero-order chi connectivity index (χ0) is 15.1. The van der Waals surface area contributed by atoms with E-state index in [-0.39, 0.29) is 31.3 Å². The highest BCUT2D eigenvalue weighted by Crippen LogP contribution is 2.28. The standard InChI is InChI=1S/C14H15N3O4/c1-2-7-20-8-9-21-13-4-3-11(10-12(13)17(18)19)14-15-5-6-16-14/h1,3-4,10H,5-9H2,(H,15,16). The van der Waals surface area contributed by atoms with Crippen LogP contribution in [0.5, 0.6) is 5.75 Å². The molecule has 1 aromatic rings. The van der Waals surface area contributed by atoms with Crippen LogP contribution >= 0.6 is 0 Å². The van der Waals surface area contributed by atoms with E-state index in [0.29, 0.717) is 17.9 Å². The lowest BCUT2D eigenvalue weighted by atomic mass is 10.1. The summed E-state index contributed by atoms with van der Waals surface area (Å²) in [6.45, 7) is 2.08. The Labute approximate surface area is 122 Å². The first kappa shape index (κ1) is 14.8. The second-order valence-corrected chi connectivity index (χ2v) is 4.20. The molecule has 0 spiro atoms. The fraction of sp³-hybridized carbons (Fsp3) is 0.357. The molecule has 0 bridgehead atoms. The summed E-state index contributed by atoms with van der Waals surface area (Å²) in [6.07, 6.45) is 5.04. The van der Waals surface area contributed by atoms with Gasteiger partial charge in [0.25, 0.3) is 0 Å². The molecule has 1 aromatic carbocycles. The lowest BCUT2D eigenvalue weighted by Gasteiger charge is -2.08. The van der Waals surface area contributed by atoms with Gasteiger partial charge >= 0.3 is 5.69 Å². The van der Waals surface area contributed by atoms with Crippen LogP contribution in [-0.2, 0) is 4.74 Å². The molecule has 0 atom stereocenters. The highest BCUT2D eigenvalue weighted by Gasteiger charge is 2.19. The number of aliphatic imine (C=N–C) groups is 1. The van der Waals surface area contributed by atoms with Gasteiger partial charge in [-0.25, -0.2) is 0 Å². The number of terminal acetylenes is 1. The molecule has 0 saturated heterocycles. The van der Waals surface area contributed by atoms with Crippen LogP contribution in [0.1, 0.15) is 5.56 Å². The van der Waals surface area contributed by atoms with E-state index >= 15 is 0 Å². The minimum Gasteiger partial charge on any atom is -0.484 e. The molecule has 0 saturated carbocycles. The molecular weight excluding hydrogens is 274 g/mol. The Balaban J connectivity index is 2.07. The van der Waals surface area contributed by atoms with Crippen molar-refractivity contribution in [3.63, 3.8) is 0 Å². The van der Waals surface area contributed by atoms with E-state index in [1.54, 1.807) is 12.1 Å². The Morgan fingerprint density at radius 2 is 2.33 bits per heavy atom. The average molecular weight is 289 g/mol. The number of hydrogen-bond acceptors (Lipinski definition) is 6. The quantitative estimate of drug-likeness (QED) is 0.350. The molecule has 0 amide bonds. The number of nitro benzene ring substituents is 1. The highest BCUT2D eigenvalue weighted by atomic mass is 16.6. The lowest BCUT2D eigenvalue weighted by Crippen LogP contribution is -2.19. The molecular formula is C14H15N3O4. The molecule has 21 heavy (non-hydrogen) atoms. The normalized spacial score (nSPS) is 13.2. The third-order valence-corrected chi connectivity index (χ3v) is 2.77. The number of nitrogens with zero attached hydrogens (tertiary/aromatic N) is 2. The number of ether oxygens (including phenoxy) is 2. The second-order valence-electron chi connectivity index (χ2n) is 4.20. The zero-order valence-electron chi connectivity index (χ0n) is 11.4. The summed E-state index contributed by atoms with van der Waals surface area (Å²) < 4.78 is 10.4. The average Bonchev–Trinajstić information content (AvgIpc) is 3.01. The molecule has 0 aromatic heterocycles. The maximum absolute atomic E-state index is 11.1. The van der Waals surface area contributed by atoms with Gasteiger partial charge in [-0.1, -0.05) is 5.92 Å². The fourth-order valence-electron chi connectivity index (χ4n) is 1.86. The van der Waals surface area contributed by atoms with Gasteiger partial charge in [0.05, 0.1) is 18.1 Å². The Morgan fingerprint density at radius 1 is 1.48 bits per heavy atom. The largest absolute Gasteiger partial charge is 0.484 e. The van der Waals surface area contributed by atoms with Gasteiger partial charge in [0.1, 0.15) is 19.0 Å². The van der Waals surface area contributed by atoms with Gasteiger partial charge in [-0.15, -0.1) is 6.42 Å². The monoisotopic (exact) mass is 289 g/mol. The van der Waals surface area contributed by atoms with Crippen LogP contribution in [0, 0.1) is 22.5 Å². The summed E-state index contributed by atoms with van der Waals surface area (Å²) in [5, 5.41) is 14.2. The molecule has 7 heteroatoms. The van der Waals surface area contributed by atoms with Crippen LogP contribution in [0.4, 0.5) is 5.69 Å². The van der Waals surface area contributed by atoms with Crippen LogP contribution in [0.3, 0.4) is 0 Å². The van der Waals surface area contributed by atoms with Crippen LogP contribution in [-0.4, -0.2) is 43.7 Å². The smallest absolute Gasteiger partial charge is 0.311 e. The Bertz CT molecular complexity index is 592. The number of rotatable bonds is 7. The maximum atomic E-state index is 11.1. The summed E-state index contributed by atoms with van der Waals surface area (Å²) in [5.74, 6) is 3.20. The van der Waals surface area contributed by atoms with E-state index in [1.807, 2.05) is 0 Å². The summed E-state index contributed by atoms with van der Waals surface area (Å²) >= 11 is 0. The van der Waals surface area contributed by atoms with E-state index in [1.165, 1.54) is 6.07 Å². The third kappa shape index (κ3) is 3.94. The number of hydrogen-bond donors (Lipinski definition) is 1. The highest BCUT2D eigenvalue weighted by molar-refractivity contribution is 6.00. The summed E-state index contributed by atoms with van der Waals surface area (Å²) in [4.78, 5) is 14.9. The van der Waals surface area contributed by atoms with Crippen molar-refractivity contribution in [2.75, 3.05) is 32.9 Å². The predicted molar refractivity (Wildman–Crippen MR) is 77.7 cm³/mol. The minimum atomic E-state index is -0.476. The van der Waals surface area contributed by atoms with Crippen molar-refractivity contribution in [2.24, 2.45) is 4.99 Å². The van der Waals surface area contributed by atoms with Crippen molar-refractivity contribution in [2.45, 2.75) is 0 Å². The molecule has 0 aliphatic carbocycles. The van der Waals surface area contributed by atoms with Crippen LogP contribution < -0.4 is 10.1 Å². The number of nitro groups is 1. The van der Waals surface area contributed by atoms with E-state index in [0.717, 1.165) is 6.54 Å². The molecule has 1 heterocycles. The van der Waals surface area contributed by atoms with Crippen molar-refractivity contribution in [3.8, 4) is 18.1 Å². The first-order valence-corrected chi connectivity index (χ1v) is 6.43. The van der Waals surface area contributed by atoms with Gasteiger partial charge in [-0.05, 0) is 12.1 Å². The number of amidine groups is 1. The molecule has 1 N–H and O–H groups in total. The van der Waals surface area contributed by atoms with Crippen LogP contribution in [0.15, 0.2) is 23.2 Å². The maximum Gasteiger partial charge on any atom is 0.311 e. The van der Waals surface area contributed by atoms with Gasteiger partial charge in [-0.2, -0.15) is 0 Å². The lowest BCUT2D eigenvalue weighted by molar-refractivity contribution is -0.385. The molecule has 1 aliphatic heterocycles. The molecule has 1 aliphatic rings. The van der Waals surface area contributed by atoms with Crippen molar-refractivity contribution in [1.29, 1.82) is 0 Å². The van der Waals surface area contributed by atoms with E-state index < -0.39 is 4.92 Å². The van der Waals surface area contributed by atoms with Gasteiger partial charge in [0.15, 0.2) is 5.75 Å². The first-order valence-electron chi connectivity index (χ1n) is 6.43. The van der Waals surface area contributed by atoms with Crippen molar-refractivity contribution >= 4 is 11.5 Å². The molecule has 110 valence electrons.